The molecule has 0 aromatic heterocycles. The van der Waals surface area contributed by atoms with E-state index in [1.54, 1.807) is 0 Å². The molecule has 1 saturated carbocycles. The van der Waals surface area contributed by atoms with Crippen LogP contribution in [-0.2, 0) is 0 Å². The zero-order valence-corrected chi connectivity index (χ0v) is 12.5. The second kappa shape index (κ2) is 6.46. The maximum Gasteiger partial charge on any atom is 0.305 e. The zero-order chi connectivity index (χ0) is 15.6. The molecular weight excluding hydrogens is 350 g/mol. The number of nitro groups is 1. The first-order valence-electron chi connectivity index (χ1n) is 6.46. The number of alkyl halides is 1. The molecule has 1 aromatic carbocycles. The van der Waals surface area contributed by atoms with Crippen molar-refractivity contribution in [2.24, 2.45) is 5.92 Å². The van der Waals surface area contributed by atoms with Gasteiger partial charge in [-0.25, -0.2) is 4.39 Å². The zero-order valence-electron chi connectivity index (χ0n) is 10.9. The summed E-state index contributed by atoms with van der Waals surface area (Å²) in [4.78, 5) is 21.8. The second-order valence-corrected chi connectivity index (χ2v) is 6.11. The summed E-state index contributed by atoms with van der Waals surface area (Å²) in [5, 5.41) is 13.1. The molecule has 0 spiro atoms. The molecule has 0 bridgehead atoms. The Labute approximate surface area is 128 Å². The van der Waals surface area contributed by atoms with Gasteiger partial charge >= 0.3 is 5.69 Å². The van der Waals surface area contributed by atoms with E-state index < -0.39 is 33.7 Å². The molecule has 2 atom stereocenters. The molecule has 21 heavy (non-hydrogen) atoms. The lowest BCUT2D eigenvalue weighted by atomic mass is 10.1. The highest BCUT2D eigenvalue weighted by Crippen LogP contribution is 2.31. The molecule has 2 rings (SSSR count). The summed E-state index contributed by atoms with van der Waals surface area (Å²) in [6, 6.07) is 1.42. The van der Waals surface area contributed by atoms with Crippen LogP contribution in [-0.4, -0.2) is 22.2 Å². The topological polar surface area (TPSA) is 72.2 Å². The van der Waals surface area contributed by atoms with E-state index in [-0.39, 0.29) is 17.3 Å². The highest BCUT2D eigenvalue weighted by Gasteiger charge is 2.28. The fourth-order valence-corrected chi connectivity index (χ4v) is 3.20. The summed E-state index contributed by atoms with van der Waals surface area (Å²) >= 11 is 3.48. The first kappa shape index (κ1) is 15.8. The van der Waals surface area contributed by atoms with Crippen molar-refractivity contribution in [2.45, 2.75) is 24.1 Å². The third-order valence-corrected chi connectivity index (χ3v) is 4.79. The number of carbonyl (C=O) groups is 1. The number of hydrogen-bond donors (Lipinski definition) is 1. The van der Waals surface area contributed by atoms with Gasteiger partial charge in [-0.15, -0.1) is 0 Å². The molecule has 0 radical (unpaired) electrons. The Morgan fingerprint density at radius 1 is 1.43 bits per heavy atom. The summed E-state index contributed by atoms with van der Waals surface area (Å²) in [6.07, 6.45) is 2.92. The molecule has 114 valence electrons. The maximum absolute atomic E-state index is 13.9. The SMILES string of the molecule is O=C(NCC1CCCC1Br)c1c(F)ccc([N+](=O)[O-])c1F. The Morgan fingerprint density at radius 3 is 2.71 bits per heavy atom. The number of rotatable bonds is 4. The van der Waals surface area contributed by atoms with Crippen LogP contribution >= 0.6 is 15.9 Å². The normalized spacial score (nSPS) is 21.3. The van der Waals surface area contributed by atoms with E-state index in [1.165, 1.54) is 0 Å². The quantitative estimate of drug-likeness (QED) is 0.507. The Balaban J connectivity index is 2.15. The number of halogens is 3. The molecule has 5 nitrogen and oxygen atoms in total. The van der Waals surface area contributed by atoms with Gasteiger partial charge in [0.1, 0.15) is 11.4 Å². The number of nitro benzene ring substituents is 1. The van der Waals surface area contributed by atoms with Crippen molar-refractivity contribution < 1.29 is 18.5 Å². The number of nitrogens with zero attached hydrogens (tertiary/aromatic N) is 1. The standard InChI is InChI=1S/C13H13BrF2N2O3/c14-8-3-1-2-7(8)6-17-13(19)11-9(15)4-5-10(12(11)16)18(20)21/h4-5,7-8H,1-3,6H2,(H,17,19). The van der Waals surface area contributed by atoms with Gasteiger partial charge < -0.3 is 5.32 Å². The van der Waals surface area contributed by atoms with Crippen LogP contribution in [0.5, 0.6) is 0 Å². The fourth-order valence-electron chi connectivity index (χ4n) is 2.42. The van der Waals surface area contributed by atoms with Gasteiger partial charge in [0.2, 0.25) is 5.82 Å². The van der Waals surface area contributed by atoms with Crippen LogP contribution in [0.2, 0.25) is 0 Å². The average Bonchev–Trinajstić information content (AvgIpc) is 2.81. The van der Waals surface area contributed by atoms with Crippen LogP contribution in [0.15, 0.2) is 12.1 Å². The molecule has 2 unspecified atom stereocenters. The molecular formula is C13H13BrF2N2O3. The van der Waals surface area contributed by atoms with Gasteiger partial charge in [-0.05, 0) is 24.8 Å². The lowest BCUT2D eigenvalue weighted by Crippen LogP contribution is -2.32. The van der Waals surface area contributed by atoms with Gasteiger partial charge in [0.05, 0.1) is 4.92 Å². The van der Waals surface area contributed by atoms with Crippen molar-refractivity contribution in [3.63, 3.8) is 0 Å². The molecule has 1 amide bonds. The van der Waals surface area contributed by atoms with E-state index in [0.29, 0.717) is 6.07 Å². The number of carbonyl (C=O) groups excluding carboxylic acids is 1. The van der Waals surface area contributed by atoms with Crippen LogP contribution < -0.4 is 5.32 Å². The van der Waals surface area contributed by atoms with E-state index in [1.807, 2.05) is 0 Å². The van der Waals surface area contributed by atoms with Gasteiger partial charge in [0.25, 0.3) is 5.91 Å². The van der Waals surface area contributed by atoms with Crippen molar-refractivity contribution in [1.29, 1.82) is 0 Å². The van der Waals surface area contributed by atoms with Gasteiger partial charge in [-0.3, -0.25) is 14.9 Å². The summed E-state index contributed by atoms with van der Waals surface area (Å²) in [7, 11) is 0. The van der Waals surface area contributed by atoms with Crippen LogP contribution in [0, 0.1) is 27.7 Å². The molecule has 1 aromatic rings. The molecule has 0 heterocycles. The highest BCUT2D eigenvalue weighted by molar-refractivity contribution is 9.09. The third-order valence-electron chi connectivity index (χ3n) is 3.59. The average molecular weight is 363 g/mol. The largest absolute Gasteiger partial charge is 0.352 e. The Morgan fingerprint density at radius 2 is 2.14 bits per heavy atom. The minimum Gasteiger partial charge on any atom is -0.352 e. The number of amides is 1. The molecule has 1 aliphatic rings. The highest BCUT2D eigenvalue weighted by atomic mass is 79.9. The van der Waals surface area contributed by atoms with Crippen LogP contribution in [0.3, 0.4) is 0 Å². The van der Waals surface area contributed by atoms with Gasteiger partial charge in [-0.1, -0.05) is 22.4 Å². The van der Waals surface area contributed by atoms with Crippen molar-refractivity contribution >= 4 is 27.5 Å². The van der Waals surface area contributed by atoms with Crippen molar-refractivity contribution in [3.05, 3.63) is 39.4 Å². The first-order valence-corrected chi connectivity index (χ1v) is 7.38. The summed E-state index contributed by atoms with van der Waals surface area (Å²) in [5.74, 6) is -3.34. The van der Waals surface area contributed by atoms with E-state index in [9.17, 15) is 23.7 Å². The van der Waals surface area contributed by atoms with Crippen molar-refractivity contribution in [1.82, 2.24) is 5.32 Å². The van der Waals surface area contributed by atoms with Gasteiger partial charge in [0.15, 0.2) is 0 Å². The number of benzene rings is 1. The lowest BCUT2D eigenvalue weighted by molar-refractivity contribution is -0.387. The maximum atomic E-state index is 13.9. The van der Waals surface area contributed by atoms with E-state index >= 15 is 0 Å². The Kier molecular flexibility index (Phi) is 4.87. The third kappa shape index (κ3) is 3.37. The minimum absolute atomic E-state index is 0.193. The molecule has 1 aliphatic carbocycles. The number of hydrogen-bond acceptors (Lipinski definition) is 3. The summed E-state index contributed by atoms with van der Waals surface area (Å²) in [6.45, 7) is 0.274. The van der Waals surface area contributed by atoms with E-state index in [2.05, 4.69) is 21.2 Å². The van der Waals surface area contributed by atoms with Crippen LogP contribution in [0.1, 0.15) is 29.6 Å². The van der Waals surface area contributed by atoms with Crippen molar-refractivity contribution in [3.8, 4) is 0 Å². The lowest BCUT2D eigenvalue weighted by Gasteiger charge is -2.15. The molecule has 8 heteroatoms. The van der Waals surface area contributed by atoms with Gasteiger partial charge in [-0.2, -0.15) is 4.39 Å². The fraction of sp³-hybridized carbons (Fsp3) is 0.462. The van der Waals surface area contributed by atoms with E-state index in [0.717, 1.165) is 25.3 Å². The van der Waals surface area contributed by atoms with Gasteiger partial charge in [0, 0.05) is 17.4 Å². The van der Waals surface area contributed by atoms with Crippen molar-refractivity contribution in [2.75, 3.05) is 6.54 Å². The Bertz CT molecular complexity index is 583. The minimum atomic E-state index is -1.45. The smallest absolute Gasteiger partial charge is 0.305 e. The number of nitrogens with one attached hydrogen (secondary N) is 1. The van der Waals surface area contributed by atoms with E-state index in [4.69, 9.17) is 0 Å². The summed E-state index contributed by atoms with van der Waals surface area (Å²) < 4.78 is 27.4. The predicted octanol–water partition coefficient (Wildman–Crippen LogP) is 3.17. The van der Waals surface area contributed by atoms with Crippen LogP contribution in [0.4, 0.5) is 14.5 Å². The monoisotopic (exact) mass is 362 g/mol. The Hall–Kier alpha value is -1.57. The molecule has 1 N–H and O–H groups in total. The molecule has 0 saturated heterocycles. The predicted molar refractivity (Wildman–Crippen MR) is 75.4 cm³/mol. The van der Waals surface area contributed by atoms with Crippen LogP contribution in [0.25, 0.3) is 0 Å². The summed E-state index contributed by atoms with van der Waals surface area (Å²) in [5.41, 5.74) is -1.82. The molecule has 1 fully saturated rings. The second-order valence-electron chi connectivity index (χ2n) is 4.93. The first-order chi connectivity index (χ1) is 9.91. The molecule has 0 aliphatic heterocycles.